The highest BCUT2D eigenvalue weighted by atomic mass is 19.4. The fraction of sp³-hybridized carbons (Fsp3) is 0.316. The maximum Gasteiger partial charge on any atom is 0.416 e. The summed E-state index contributed by atoms with van der Waals surface area (Å²) in [6.07, 6.45) is -4.42. The number of ether oxygens (including phenoxy) is 1. The Labute approximate surface area is 149 Å². The highest BCUT2D eigenvalue weighted by Gasteiger charge is 2.32. The standard InChI is InChI=1S/C19H19F3N2O2/c20-19(21,22)16-7-3-1-5-14(16)13-23-17-8-4-2-6-15(17)18(25)24-9-11-26-12-10-24/h1-8,23H,9-13H2. The molecule has 3 rings (SSSR count). The van der Waals surface area contributed by atoms with E-state index in [1.165, 1.54) is 12.1 Å². The summed E-state index contributed by atoms with van der Waals surface area (Å²) in [7, 11) is 0. The molecular weight excluding hydrogens is 345 g/mol. The van der Waals surface area contributed by atoms with E-state index < -0.39 is 11.7 Å². The lowest BCUT2D eigenvalue weighted by Crippen LogP contribution is -2.40. The fourth-order valence-electron chi connectivity index (χ4n) is 2.90. The summed E-state index contributed by atoms with van der Waals surface area (Å²) in [4.78, 5) is 14.4. The molecule has 1 saturated heterocycles. The first-order chi connectivity index (χ1) is 12.5. The van der Waals surface area contributed by atoms with Gasteiger partial charge >= 0.3 is 6.18 Å². The number of alkyl halides is 3. The molecule has 0 bridgehead atoms. The number of nitrogens with zero attached hydrogens (tertiary/aromatic N) is 1. The van der Waals surface area contributed by atoms with Gasteiger partial charge in [0, 0.05) is 25.3 Å². The number of amides is 1. The maximum absolute atomic E-state index is 13.1. The zero-order valence-corrected chi connectivity index (χ0v) is 14.1. The van der Waals surface area contributed by atoms with Crippen LogP contribution < -0.4 is 5.32 Å². The highest BCUT2D eigenvalue weighted by Crippen LogP contribution is 2.32. The van der Waals surface area contributed by atoms with Gasteiger partial charge < -0.3 is 15.0 Å². The minimum Gasteiger partial charge on any atom is -0.380 e. The van der Waals surface area contributed by atoms with Crippen LogP contribution in [0.2, 0.25) is 0 Å². The van der Waals surface area contributed by atoms with Crippen molar-refractivity contribution in [1.29, 1.82) is 0 Å². The highest BCUT2D eigenvalue weighted by molar-refractivity contribution is 5.99. The Balaban J connectivity index is 1.79. The molecule has 0 radical (unpaired) electrons. The van der Waals surface area contributed by atoms with E-state index in [0.29, 0.717) is 37.6 Å². The van der Waals surface area contributed by atoms with Crippen LogP contribution in [-0.4, -0.2) is 37.1 Å². The Morgan fingerprint density at radius 2 is 1.69 bits per heavy atom. The maximum atomic E-state index is 13.1. The molecule has 0 saturated carbocycles. The molecule has 7 heteroatoms. The number of carbonyl (C=O) groups excluding carboxylic acids is 1. The molecule has 4 nitrogen and oxygen atoms in total. The van der Waals surface area contributed by atoms with Crippen molar-refractivity contribution in [3.63, 3.8) is 0 Å². The van der Waals surface area contributed by atoms with Crippen molar-refractivity contribution in [2.75, 3.05) is 31.6 Å². The molecule has 0 atom stereocenters. The largest absolute Gasteiger partial charge is 0.416 e. The predicted molar refractivity (Wildman–Crippen MR) is 91.9 cm³/mol. The number of hydrogen-bond donors (Lipinski definition) is 1. The zero-order chi connectivity index (χ0) is 18.6. The third-order valence-corrected chi connectivity index (χ3v) is 4.25. The summed E-state index contributed by atoms with van der Waals surface area (Å²) < 4.78 is 44.6. The van der Waals surface area contributed by atoms with E-state index in [0.717, 1.165) is 6.07 Å². The summed E-state index contributed by atoms with van der Waals surface area (Å²) in [6, 6.07) is 12.3. The number of halogens is 3. The number of nitrogens with one attached hydrogen (secondary N) is 1. The van der Waals surface area contributed by atoms with Crippen LogP contribution in [0.4, 0.5) is 18.9 Å². The molecule has 2 aromatic rings. The van der Waals surface area contributed by atoms with Crippen molar-refractivity contribution in [2.24, 2.45) is 0 Å². The number of morpholine rings is 1. The van der Waals surface area contributed by atoms with Crippen LogP contribution in [0.25, 0.3) is 0 Å². The van der Waals surface area contributed by atoms with Gasteiger partial charge in [-0.1, -0.05) is 30.3 Å². The first kappa shape index (κ1) is 18.3. The number of benzene rings is 2. The number of rotatable bonds is 4. The van der Waals surface area contributed by atoms with Gasteiger partial charge in [0.1, 0.15) is 0 Å². The van der Waals surface area contributed by atoms with E-state index in [1.54, 1.807) is 35.2 Å². The summed E-state index contributed by atoms with van der Waals surface area (Å²) in [5.74, 6) is -0.152. The smallest absolute Gasteiger partial charge is 0.380 e. The van der Waals surface area contributed by atoms with Gasteiger partial charge in [-0.15, -0.1) is 0 Å². The molecule has 1 heterocycles. The third-order valence-electron chi connectivity index (χ3n) is 4.25. The van der Waals surface area contributed by atoms with Crippen molar-refractivity contribution < 1.29 is 22.7 Å². The Morgan fingerprint density at radius 1 is 1.04 bits per heavy atom. The molecule has 1 amide bonds. The van der Waals surface area contributed by atoms with Gasteiger partial charge in [-0.05, 0) is 23.8 Å². The summed E-state index contributed by atoms with van der Waals surface area (Å²) >= 11 is 0. The van der Waals surface area contributed by atoms with Crippen LogP contribution in [0, 0.1) is 0 Å². The van der Waals surface area contributed by atoms with Crippen molar-refractivity contribution >= 4 is 11.6 Å². The van der Waals surface area contributed by atoms with Crippen molar-refractivity contribution in [1.82, 2.24) is 4.90 Å². The van der Waals surface area contributed by atoms with Crippen LogP contribution in [0.3, 0.4) is 0 Å². The molecule has 0 unspecified atom stereocenters. The average molecular weight is 364 g/mol. The van der Waals surface area contributed by atoms with Crippen LogP contribution in [-0.2, 0) is 17.5 Å². The van der Waals surface area contributed by atoms with Gasteiger partial charge in [0.2, 0.25) is 0 Å². The first-order valence-electron chi connectivity index (χ1n) is 8.32. The average Bonchev–Trinajstić information content (AvgIpc) is 2.66. The van der Waals surface area contributed by atoms with E-state index in [1.807, 2.05) is 0 Å². The first-order valence-corrected chi connectivity index (χ1v) is 8.32. The van der Waals surface area contributed by atoms with Gasteiger partial charge in [0.15, 0.2) is 0 Å². The van der Waals surface area contributed by atoms with Crippen molar-refractivity contribution in [3.8, 4) is 0 Å². The lowest BCUT2D eigenvalue weighted by molar-refractivity contribution is -0.138. The SMILES string of the molecule is O=C(c1ccccc1NCc1ccccc1C(F)(F)F)N1CCOCC1. The molecular formula is C19H19F3N2O2. The molecule has 0 aromatic heterocycles. The van der Waals surface area contributed by atoms with Crippen molar-refractivity contribution in [3.05, 3.63) is 65.2 Å². The third kappa shape index (κ3) is 4.16. The second-order valence-corrected chi connectivity index (χ2v) is 5.96. The van der Waals surface area contributed by atoms with Gasteiger partial charge in [-0.25, -0.2) is 0 Å². The lowest BCUT2D eigenvalue weighted by Gasteiger charge is -2.27. The van der Waals surface area contributed by atoms with Gasteiger partial charge in [-0.3, -0.25) is 4.79 Å². The van der Waals surface area contributed by atoms with E-state index in [2.05, 4.69) is 5.32 Å². The second-order valence-electron chi connectivity index (χ2n) is 5.96. The molecule has 1 aliphatic rings. The summed E-state index contributed by atoms with van der Waals surface area (Å²) in [6.45, 7) is 1.96. The normalized spacial score (nSPS) is 15.0. The molecule has 1 fully saturated rings. The molecule has 26 heavy (non-hydrogen) atoms. The number of hydrogen-bond acceptors (Lipinski definition) is 3. The molecule has 138 valence electrons. The minimum absolute atomic E-state index is 0.0247. The van der Waals surface area contributed by atoms with E-state index >= 15 is 0 Å². The van der Waals surface area contributed by atoms with E-state index in [-0.39, 0.29) is 18.0 Å². The topological polar surface area (TPSA) is 41.6 Å². The Morgan fingerprint density at radius 3 is 2.42 bits per heavy atom. The monoisotopic (exact) mass is 364 g/mol. The molecule has 0 spiro atoms. The fourth-order valence-corrected chi connectivity index (χ4v) is 2.90. The van der Waals surface area contributed by atoms with Crippen LogP contribution in [0.5, 0.6) is 0 Å². The number of anilines is 1. The van der Waals surface area contributed by atoms with Gasteiger partial charge in [-0.2, -0.15) is 13.2 Å². The molecule has 0 aliphatic carbocycles. The quantitative estimate of drug-likeness (QED) is 0.898. The van der Waals surface area contributed by atoms with Crippen LogP contribution in [0.1, 0.15) is 21.5 Å². The Bertz CT molecular complexity index is 771. The number of carbonyl (C=O) groups is 1. The van der Waals surface area contributed by atoms with Crippen LogP contribution >= 0.6 is 0 Å². The predicted octanol–water partition coefficient (Wildman–Crippen LogP) is 3.79. The zero-order valence-electron chi connectivity index (χ0n) is 14.1. The van der Waals surface area contributed by atoms with E-state index in [9.17, 15) is 18.0 Å². The van der Waals surface area contributed by atoms with Gasteiger partial charge in [0.05, 0.1) is 24.3 Å². The number of para-hydroxylation sites is 1. The van der Waals surface area contributed by atoms with Crippen LogP contribution in [0.15, 0.2) is 48.5 Å². The van der Waals surface area contributed by atoms with E-state index in [4.69, 9.17) is 4.74 Å². The Kier molecular flexibility index (Phi) is 5.46. The minimum atomic E-state index is -4.42. The summed E-state index contributed by atoms with van der Waals surface area (Å²) in [5, 5.41) is 2.98. The van der Waals surface area contributed by atoms with Crippen molar-refractivity contribution in [2.45, 2.75) is 12.7 Å². The lowest BCUT2D eigenvalue weighted by atomic mass is 10.1. The molecule has 1 aliphatic heterocycles. The second kappa shape index (κ2) is 7.78. The van der Waals surface area contributed by atoms with Gasteiger partial charge in [0.25, 0.3) is 5.91 Å². The molecule has 2 aromatic carbocycles. The summed E-state index contributed by atoms with van der Waals surface area (Å²) in [5.41, 5.74) is 0.415. The molecule has 1 N–H and O–H groups in total. The Hall–Kier alpha value is -2.54.